The Bertz CT molecular complexity index is 1360. The van der Waals surface area contributed by atoms with Crippen LogP contribution >= 0.6 is 0 Å². The van der Waals surface area contributed by atoms with E-state index >= 15 is 0 Å². The van der Waals surface area contributed by atoms with Gasteiger partial charge in [-0.15, -0.1) is 0 Å². The Morgan fingerprint density at radius 3 is 2.45 bits per heavy atom. The highest BCUT2D eigenvalue weighted by Gasteiger charge is 2.15. The van der Waals surface area contributed by atoms with Crippen LogP contribution in [0.2, 0.25) is 0 Å². The van der Waals surface area contributed by atoms with Gasteiger partial charge in [0.1, 0.15) is 28.7 Å². The van der Waals surface area contributed by atoms with Crippen LogP contribution in [0.25, 0.3) is 27.7 Å². The van der Waals surface area contributed by atoms with Crippen molar-refractivity contribution in [3.63, 3.8) is 0 Å². The average molecular weight is 449 g/mol. The molecule has 1 N–H and O–H groups in total. The minimum atomic E-state index is -0.725. The molecular formula is C26H21F2NO4. The van der Waals surface area contributed by atoms with E-state index in [0.29, 0.717) is 22.5 Å². The first-order chi connectivity index (χ1) is 15.9. The van der Waals surface area contributed by atoms with Crippen LogP contribution in [0.5, 0.6) is 11.5 Å². The molecule has 0 aliphatic heterocycles. The van der Waals surface area contributed by atoms with E-state index in [2.05, 4.69) is 5.32 Å². The van der Waals surface area contributed by atoms with Crippen LogP contribution in [0.3, 0.4) is 0 Å². The molecule has 0 atom stereocenters. The molecule has 0 radical (unpaired) electrons. The van der Waals surface area contributed by atoms with Crippen LogP contribution in [0.15, 0.2) is 71.4 Å². The quantitative estimate of drug-likeness (QED) is 0.344. The number of rotatable bonds is 6. The Hall–Kier alpha value is -4.13. The molecule has 0 fully saturated rings. The van der Waals surface area contributed by atoms with Gasteiger partial charge in [-0.25, -0.2) is 8.78 Å². The fraction of sp³-hybridized carbons (Fsp3) is 0.115. The molecule has 0 bridgehead atoms. The molecule has 168 valence electrons. The lowest BCUT2D eigenvalue weighted by Crippen LogP contribution is -2.10. The number of hydrogen-bond donors (Lipinski definition) is 1. The maximum absolute atomic E-state index is 13.9. The van der Waals surface area contributed by atoms with Crippen LogP contribution in [0, 0.1) is 11.6 Å². The zero-order chi connectivity index (χ0) is 23.5. The summed E-state index contributed by atoms with van der Waals surface area (Å²) in [5, 5.41) is 3.20. The third-order valence-corrected chi connectivity index (χ3v) is 5.26. The smallest absolute Gasteiger partial charge is 0.248 e. The number of nitrogens with one attached hydrogen (secondary N) is 1. The van der Waals surface area contributed by atoms with Gasteiger partial charge < -0.3 is 19.2 Å². The first kappa shape index (κ1) is 22.1. The number of furan rings is 1. The molecule has 7 heteroatoms. The average Bonchev–Trinajstić information content (AvgIpc) is 3.23. The standard InChI is InChI=1S/C26H21F2NO4/c1-15(10-26(30)29-23-11-17(27)6-9-22(23)28)19-12-20-21(14-33-25(20)13-24(19)32-3)16-4-7-18(31-2)8-5-16/h4-14H,1-3H3,(H,29,30)/b15-10+. The molecule has 0 unspecified atom stereocenters. The first-order valence-corrected chi connectivity index (χ1v) is 10.1. The Morgan fingerprint density at radius 2 is 1.76 bits per heavy atom. The molecule has 1 amide bonds. The van der Waals surface area contributed by atoms with Crippen molar-refractivity contribution in [1.29, 1.82) is 0 Å². The monoisotopic (exact) mass is 449 g/mol. The fourth-order valence-electron chi connectivity index (χ4n) is 3.56. The third kappa shape index (κ3) is 4.57. The maximum Gasteiger partial charge on any atom is 0.248 e. The lowest BCUT2D eigenvalue weighted by Gasteiger charge is -2.10. The van der Waals surface area contributed by atoms with Gasteiger partial charge in [0.05, 0.1) is 26.2 Å². The second-order valence-electron chi connectivity index (χ2n) is 7.37. The first-order valence-electron chi connectivity index (χ1n) is 10.1. The number of halogens is 2. The van der Waals surface area contributed by atoms with Crippen LogP contribution in [0.1, 0.15) is 12.5 Å². The lowest BCUT2D eigenvalue weighted by atomic mass is 9.99. The lowest BCUT2D eigenvalue weighted by molar-refractivity contribution is -0.111. The van der Waals surface area contributed by atoms with Gasteiger partial charge in [-0.2, -0.15) is 0 Å². The molecule has 0 saturated heterocycles. The Kier molecular flexibility index (Phi) is 6.13. The maximum atomic E-state index is 13.9. The Labute approximate surface area is 189 Å². The van der Waals surface area contributed by atoms with E-state index in [1.165, 1.54) is 13.2 Å². The second kappa shape index (κ2) is 9.16. The van der Waals surface area contributed by atoms with E-state index in [1.54, 1.807) is 26.4 Å². The Morgan fingerprint density at radius 1 is 1.00 bits per heavy atom. The number of hydrogen-bond acceptors (Lipinski definition) is 4. The highest BCUT2D eigenvalue weighted by atomic mass is 19.1. The zero-order valence-electron chi connectivity index (χ0n) is 18.2. The van der Waals surface area contributed by atoms with E-state index in [9.17, 15) is 13.6 Å². The summed E-state index contributed by atoms with van der Waals surface area (Å²) in [7, 11) is 3.13. The van der Waals surface area contributed by atoms with Gasteiger partial charge in [-0.05, 0) is 48.4 Å². The molecule has 0 saturated carbocycles. The van der Waals surface area contributed by atoms with Crippen LogP contribution < -0.4 is 14.8 Å². The number of ether oxygens (including phenoxy) is 2. The summed E-state index contributed by atoms with van der Waals surface area (Å²) in [4.78, 5) is 12.5. The second-order valence-corrected chi connectivity index (χ2v) is 7.37. The summed E-state index contributed by atoms with van der Waals surface area (Å²) in [6, 6.07) is 14.1. The van der Waals surface area contributed by atoms with Gasteiger partial charge in [0.2, 0.25) is 5.91 Å². The molecule has 4 aromatic rings. The van der Waals surface area contributed by atoms with Gasteiger partial charge in [-0.3, -0.25) is 4.79 Å². The fourth-order valence-corrected chi connectivity index (χ4v) is 3.56. The summed E-state index contributed by atoms with van der Waals surface area (Å²) >= 11 is 0. The predicted molar refractivity (Wildman–Crippen MR) is 123 cm³/mol. The van der Waals surface area contributed by atoms with Crippen molar-refractivity contribution < 1.29 is 27.5 Å². The van der Waals surface area contributed by atoms with Gasteiger partial charge in [0.25, 0.3) is 0 Å². The van der Waals surface area contributed by atoms with Crippen molar-refractivity contribution in [3.8, 4) is 22.6 Å². The molecule has 0 spiro atoms. The molecule has 1 aromatic heterocycles. The van der Waals surface area contributed by atoms with Crippen molar-refractivity contribution >= 4 is 28.1 Å². The molecule has 1 heterocycles. The number of allylic oxidation sites excluding steroid dienone is 1. The van der Waals surface area contributed by atoms with Gasteiger partial charge in [0.15, 0.2) is 0 Å². The zero-order valence-corrected chi connectivity index (χ0v) is 18.2. The van der Waals surface area contributed by atoms with Crippen molar-refractivity contribution in [2.45, 2.75) is 6.92 Å². The van der Waals surface area contributed by atoms with E-state index in [0.717, 1.165) is 40.5 Å². The topological polar surface area (TPSA) is 60.7 Å². The third-order valence-electron chi connectivity index (χ3n) is 5.26. The molecule has 0 aliphatic rings. The van der Waals surface area contributed by atoms with Crippen molar-refractivity contribution in [2.24, 2.45) is 0 Å². The van der Waals surface area contributed by atoms with Gasteiger partial charge in [-0.1, -0.05) is 12.1 Å². The summed E-state index contributed by atoms with van der Waals surface area (Å²) in [5.41, 5.74) is 3.44. The molecular weight excluding hydrogens is 428 g/mol. The van der Waals surface area contributed by atoms with Crippen LogP contribution in [-0.4, -0.2) is 20.1 Å². The normalized spacial score (nSPS) is 11.5. The number of carbonyl (C=O) groups is 1. The van der Waals surface area contributed by atoms with Crippen molar-refractivity contribution in [1.82, 2.24) is 0 Å². The number of benzene rings is 3. The minimum Gasteiger partial charge on any atom is -0.497 e. The molecule has 33 heavy (non-hydrogen) atoms. The molecule has 5 nitrogen and oxygen atoms in total. The number of fused-ring (bicyclic) bond motifs is 1. The number of methoxy groups -OCH3 is 2. The van der Waals surface area contributed by atoms with Crippen molar-refractivity contribution in [2.75, 3.05) is 19.5 Å². The molecule has 4 rings (SSSR count). The van der Waals surface area contributed by atoms with Crippen LogP contribution in [0.4, 0.5) is 14.5 Å². The predicted octanol–water partition coefficient (Wildman–Crippen LogP) is 6.44. The highest BCUT2D eigenvalue weighted by Crippen LogP contribution is 2.37. The largest absolute Gasteiger partial charge is 0.497 e. The number of anilines is 1. The molecule has 0 aliphatic carbocycles. The van der Waals surface area contributed by atoms with E-state index < -0.39 is 17.5 Å². The summed E-state index contributed by atoms with van der Waals surface area (Å²) < 4.78 is 43.7. The molecule has 3 aromatic carbocycles. The van der Waals surface area contributed by atoms with E-state index in [-0.39, 0.29) is 5.69 Å². The van der Waals surface area contributed by atoms with E-state index in [4.69, 9.17) is 13.9 Å². The summed E-state index contributed by atoms with van der Waals surface area (Å²) in [5.74, 6) is -0.713. The number of amides is 1. The minimum absolute atomic E-state index is 0.233. The van der Waals surface area contributed by atoms with E-state index in [1.807, 2.05) is 30.3 Å². The highest BCUT2D eigenvalue weighted by molar-refractivity contribution is 6.05. The SMILES string of the molecule is COc1ccc(-c2coc3cc(OC)c(/C(C)=C/C(=O)Nc4cc(F)ccc4F)cc23)cc1. The van der Waals surface area contributed by atoms with Gasteiger partial charge in [0, 0.05) is 34.7 Å². The van der Waals surface area contributed by atoms with Crippen LogP contribution in [-0.2, 0) is 4.79 Å². The summed E-state index contributed by atoms with van der Waals surface area (Å²) in [6.45, 7) is 1.73. The number of carbonyl (C=O) groups excluding carboxylic acids is 1. The Balaban J connectivity index is 1.70. The summed E-state index contributed by atoms with van der Waals surface area (Å²) in [6.07, 6.45) is 2.97. The van der Waals surface area contributed by atoms with Gasteiger partial charge >= 0.3 is 0 Å². The van der Waals surface area contributed by atoms with Crippen molar-refractivity contribution in [3.05, 3.63) is 84.1 Å².